The lowest BCUT2D eigenvalue weighted by Crippen LogP contribution is -2.26. The van der Waals surface area contributed by atoms with Crippen molar-refractivity contribution in [2.24, 2.45) is 5.10 Å². The number of rotatable bonds is 5. The van der Waals surface area contributed by atoms with Crippen LogP contribution in [0.1, 0.15) is 5.69 Å². The largest absolute Gasteiger partial charge is 0.378 e. The van der Waals surface area contributed by atoms with Gasteiger partial charge in [-0.05, 0) is 36.5 Å². The molecular formula is C15H16N4OS. The zero-order valence-electron chi connectivity index (χ0n) is 11.6. The molecule has 108 valence electrons. The smallest absolute Gasteiger partial charge is 0.191 e. The summed E-state index contributed by atoms with van der Waals surface area (Å²) in [5.74, 6) is 0. The third-order valence-electron chi connectivity index (χ3n) is 2.57. The number of para-hydroxylation sites is 1. The van der Waals surface area contributed by atoms with Crippen LogP contribution in [0.25, 0.3) is 0 Å². The molecule has 0 aliphatic rings. The Kier molecular flexibility index (Phi) is 5.81. The Morgan fingerprint density at radius 1 is 1.19 bits per heavy atom. The van der Waals surface area contributed by atoms with Crippen LogP contribution in [0.4, 0.5) is 5.69 Å². The summed E-state index contributed by atoms with van der Waals surface area (Å²) in [5.41, 5.74) is 5.12. The Morgan fingerprint density at radius 3 is 2.62 bits per heavy atom. The van der Waals surface area contributed by atoms with Crippen molar-refractivity contribution in [1.29, 1.82) is 0 Å². The van der Waals surface area contributed by atoms with Crippen LogP contribution in [0.2, 0.25) is 0 Å². The summed E-state index contributed by atoms with van der Waals surface area (Å²) in [6.07, 6.45) is 1.71. The van der Waals surface area contributed by atoms with Crippen LogP contribution in [0.5, 0.6) is 0 Å². The molecule has 0 bridgehead atoms. The van der Waals surface area contributed by atoms with Gasteiger partial charge >= 0.3 is 0 Å². The number of ether oxygens (including phenoxy) is 1. The third kappa shape index (κ3) is 4.94. The van der Waals surface area contributed by atoms with Crippen molar-refractivity contribution in [2.45, 2.75) is 0 Å². The monoisotopic (exact) mass is 300 g/mol. The maximum absolute atomic E-state index is 5.20. The quantitative estimate of drug-likeness (QED) is 0.504. The molecule has 0 aliphatic heterocycles. The number of hydrogen-bond acceptors (Lipinski definition) is 4. The summed E-state index contributed by atoms with van der Waals surface area (Å²) in [4.78, 5) is 4.25. The first kappa shape index (κ1) is 15.1. The Morgan fingerprint density at radius 2 is 1.95 bits per heavy atom. The van der Waals surface area contributed by atoms with Crippen LogP contribution >= 0.6 is 12.2 Å². The Balaban J connectivity index is 2.01. The van der Waals surface area contributed by atoms with Crippen LogP contribution in [0.15, 0.2) is 59.8 Å². The fraction of sp³-hybridized carbons (Fsp3) is 0.133. The van der Waals surface area contributed by atoms with Gasteiger partial charge in [0.05, 0.1) is 12.3 Å². The Labute approximate surface area is 129 Å². The van der Waals surface area contributed by atoms with Gasteiger partial charge in [0.25, 0.3) is 0 Å². The molecule has 0 saturated carbocycles. The maximum Gasteiger partial charge on any atom is 0.191 e. The van der Waals surface area contributed by atoms with Gasteiger partial charge in [-0.15, -0.1) is 0 Å². The van der Waals surface area contributed by atoms with E-state index in [0.29, 0.717) is 17.4 Å². The molecule has 2 aromatic rings. The predicted molar refractivity (Wildman–Crippen MR) is 88.4 cm³/mol. The number of thiocarbonyl (C=S) groups is 1. The molecule has 0 spiro atoms. The molecule has 0 radical (unpaired) electrons. The summed E-state index contributed by atoms with van der Waals surface area (Å²) in [7, 11) is 1.61. The predicted octanol–water partition coefficient (Wildman–Crippen LogP) is 2.42. The van der Waals surface area contributed by atoms with E-state index in [9.17, 15) is 0 Å². The lowest BCUT2D eigenvalue weighted by molar-refractivity contribution is 0.245. The number of aromatic nitrogens is 1. The van der Waals surface area contributed by atoms with E-state index in [0.717, 1.165) is 11.4 Å². The Bertz CT molecular complexity index is 602. The summed E-state index contributed by atoms with van der Waals surface area (Å²) < 4.78 is 5.13. The second-order valence-corrected chi connectivity index (χ2v) is 4.55. The fourth-order valence-corrected chi connectivity index (χ4v) is 1.80. The van der Waals surface area contributed by atoms with E-state index in [1.165, 1.54) is 0 Å². The normalized spacial score (nSPS) is 11.0. The molecule has 0 atom stereocenters. The molecule has 1 aromatic heterocycles. The molecule has 0 aliphatic carbocycles. The van der Waals surface area contributed by atoms with E-state index in [4.69, 9.17) is 17.0 Å². The summed E-state index contributed by atoms with van der Waals surface area (Å²) in [5, 5.41) is 7.71. The van der Waals surface area contributed by atoms with Gasteiger partial charge in [0.15, 0.2) is 5.11 Å². The van der Waals surface area contributed by atoms with E-state index in [2.05, 4.69) is 20.8 Å². The van der Waals surface area contributed by atoms with E-state index in [-0.39, 0.29) is 0 Å². The van der Waals surface area contributed by atoms with Crippen molar-refractivity contribution in [2.75, 3.05) is 19.0 Å². The van der Waals surface area contributed by atoms with Crippen LogP contribution in [0.3, 0.4) is 0 Å². The maximum atomic E-state index is 5.20. The highest BCUT2D eigenvalue weighted by Gasteiger charge is 2.05. The average Bonchev–Trinajstić information content (AvgIpc) is 2.53. The van der Waals surface area contributed by atoms with Gasteiger partial charge in [0, 0.05) is 19.0 Å². The van der Waals surface area contributed by atoms with Gasteiger partial charge in [-0.25, -0.2) is 0 Å². The van der Waals surface area contributed by atoms with Crippen molar-refractivity contribution in [1.82, 2.24) is 10.4 Å². The van der Waals surface area contributed by atoms with Crippen LogP contribution in [-0.2, 0) is 4.74 Å². The number of nitrogens with one attached hydrogen (secondary N) is 2. The number of methoxy groups -OCH3 is 1. The zero-order valence-corrected chi connectivity index (χ0v) is 12.4. The minimum atomic E-state index is 0.345. The average molecular weight is 300 g/mol. The molecule has 21 heavy (non-hydrogen) atoms. The number of pyridine rings is 1. The van der Waals surface area contributed by atoms with Crippen molar-refractivity contribution in [3.8, 4) is 0 Å². The lowest BCUT2D eigenvalue weighted by atomic mass is 10.2. The minimum absolute atomic E-state index is 0.345. The topological polar surface area (TPSA) is 58.5 Å². The second kappa shape index (κ2) is 8.08. The molecule has 5 nitrogen and oxygen atoms in total. The van der Waals surface area contributed by atoms with Crippen molar-refractivity contribution < 1.29 is 4.74 Å². The highest BCUT2D eigenvalue weighted by atomic mass is 32.1. The van der Waals surface area contributed by atoms with Crippen molar-refractivity contribution in [3.63, 3.8) is 0 Å². The minimum Gasteiger partial charge on any atom is -0.378 e. The van der Waals surface area contributed by atoms with Gasteiger partial charge in [0.2, 0.25) is 0 Å². The molecule has 2 N–H and O–H groups in total. The first-order chi connectivity index (χ1) is 10.3. The summed E-state index contributed by atoms with van der Waals surface area (Å²) in [6, 6.07) is 15.3. The van der Waals surface area contributed by atoms with Crippen LogP contribution in [0, 0.1) is 0 Å². The molecule has 0 amide bonds. The van der Waals surface area contributed by atoms with E-state index >= 15 is 0 Å². The summed E-state index contributed by atoms with van der Waals surface area (Å²) >= 11 is 5.20. The Hall–Kier alpha value is -2.31. The van der Waals surface area contributed by atoms with Crippen molar-refractivity contribution >= 4 is 28.7 Å². The second-order valence-electron chi connectivity index (χ2n) is 4.14. The molecule has 6 heteroatoms. The van der Waals surface area contributed by atoms with E-state index in [1.54, 1.807) is 13.3 Å². The number of hydrazone groups is 1. The van der Waals surface area contributed by atoms with E-state index in [1.807, 2.05) is 48.5 Å². The highest BCUT2D eigenvalue weighted by Crippen LogP contribution is 2.04. The number of hydrogen-bond donors (Lipinski definition) is 2. The molecule has 1 aromatic carbocycles. The van der Waals surface area contributed by atoms with Gasteiger partial charge in [0.1, 0.15) is 5.71 Å². The zero-order chi connectivity index (χ0) is 14.9. The lowest BCUT2D eigenvalue weighted by Gasteiger charge is -2.09. The first-order valence-corrected chi connectivity index (χ1v) is 6.79. The molecule has 0 fully saturated rings. The standard InChI is InChI=1S/C15H16N4OS/c1-20-11-14(13-9-5-6-10-16-13)18-19-15(21)17-12-7-3-2-4-8-12/h2-10H,11H2,1H3,(H2,17,19,21)/b18-14+. The van der Waals surface area contributed by atoms with Gasteiger partial charge in [-0.3, -0.25) is 10.4 Å². The number of benzene rings is 1. The fourth-order valence-electron chi connectivity index (χ4n) is 1.63. The SMILES string of the molecule is COC/C(=N\NC(=S)Nc1ccccc1)c1ccccn1. The van der Waals surface area contributed by atoms with Crippen LogP contribution < -0.4 is 10.7 Å². The molecule has 2 rings (SSSR count). The van der Waals surface area contributed by atoms with E-state index < -0.39 is 0 Å². The van der Waals surface area contributed by atoms with Gasteiger partial charge in [-0.1, -0.05) is 24.3 Å². The van der Waals surface area contributed by atoms with Gasteiger partial charge in [-0.2, -0.15) is 5.10 Å². The van der Waals surface area contributed by atoms with Crippen LogP contribution in [-0.4, -0.2) is 29.5 Å². The highest BCUT2D eigenvalue weighted by molar-refractivity contribution is 7.80. The first-order valence-electron chi connectivity index (χ1n) is 6.38. The molecule has 0 unspecified atom stereocenters. The molecule has 0 saturated heterocycles. The van der Waals surface area contributed by atoms with Gasteiger partial charge < -0.3 is 10.1 Å². The third-order valence-corrected chi connectivity index (χ3v) is 2.76. The number of anilines is 1. The molecule has 1 heterocycles. The molecular weight excluding hydrogens is 284 g/mol. The number of nitrogens with zero attached hydrogens (tertiary/aromatic N) is 2. The summed E-state index contributed by atoms with van der Waals surface area (Å²) in [6.45, 7) is 0.345. The van der Waals surface area contributed by atoms with Crippen molar-refractivity contribution in [3.05, 3.63) is 60.4 Å².